The van der Waals surface area contributed by atoms with Crippen LogP contribution in [0.25, 0.3) is 0 Å². The summed E-state index contributed by atoms with van der Waals surface area (Å²) < 4.78 is 20.3. The van der Waals surface area contributed by atoms with E-state index in [0.717, 1.165) is 35.7 Å². The minimum Gasteiger partial charge on any atom is -0.489 e. The molecular weight excluding hydrogens is 481 g/mol. The van der Waals surface area contributed by atoms with Crippen molar-refractivity contribution < 1.29 is 9.13 Å². The Hall–Kier alpha value is -3.91. The fourth-order valence-electron chi connectivity index (χ4n) is 4.07. The second-order valence-corrected chi connectivity index (χ2v) is 9.00. The number of rotatable bonds is 7. The van der Waals surface area contributed by atoms with Gasteiger partial charge in [0.1, 0.15) is 18.2 Å². The molecule has 4 aromatic rings. The molecule has 0 aliphatic carbocycles. The molecule has 184 valence electrons. The number of benzene rings is 3. The summed E-state index contributed by atoms with van der Waals surface area (Å²) >= 11 is 5.91. The van der Waals surface area contributed by atoms with Crippen LogP contribution in [0.3, 0.4) is 0 Å². The van der Waals surface area contributed by atoms with E-state index in [1.807, 2.05) is 53.4 Å². The highest BCUT2D eigenvalue weighted by molar-refractivity contribution is 6.30. The summed E-state index contributed by atoms with van der Waals surface area (Å²) in [7, 11) is 0. The molecule has 1 aromatic heterocycles. The molecule has 1 fully saturated rings. The van der Waals surface area contributed by atoms with Crippen LogP contribution in [0.4, 0.5) is 15.9 Å². The van der Waals surface area contributed by atoms with Gasteiger partial charge in [-0.05, 0) is 59.7 Å². The van der Waals surface area contributed by atoms with Crippen molar-refractivity contribution in [2.75, 3.05) is 36.0 Å². The van der Waals surface area contributed by atoms with Gasteiger partial charge in [0.2, 0.25) is 0 Å². The van der Waals surface area contributed by atoms with Gasteiger partial charge in [-0.25, -0.2) is 13.9 Å². The van der Waals surface area contributed by atoms with Gasteiger partial charge in [0.05, 0.1) is 12.7 Å². The second kappa shape index (κ2) is 10.8. The van der Waals surface area contributed by atoms with E-state index in [1.54, 1.807) is 18.3 Å². The van der Waals surface area contributed by atoms with E-state index in [-0.39, 0.29) is 5.82 Å². The molecule has 0 unspecified atom stereocenters. The first-order valence-corrected chi connectivity index (χ1v) is 12.1. The molecule has 0 atom stereocenters. The average molecular weight is 506 g/mol. The molecule has 9 heteroatoms. The number of hydrogen-bond acceptors (Lipinski definition) is 6. The first-order valence-electron chi connectivity index (χ1n) is 11.7. The van der Waals surface area contributed by atoms with Crippen molar-refractivity contribution in [1.82, 2.24) is 14.8 Å². The summed E-state index contributed by atoms with van der Waals surface area (Å²) in [4.78, 5) is 21.1. The molecule has 2 heterocycles. The summed E-state index contributed by atoms with van der Waals surface area (Å²) in [6.07, 6.45) is 1.64. The molecule has 36 heavy (non-hydrogen) atoms. The van der Waals surface area contributed by atoms with Crippen LogP contribution < -0.4 is 20.2 Å². The van der Waals surface area contributed by atoms with E-state index >= 15 is 0 Å². The van der Waals surface area contributed by atoms with Gasteiger partial charge in [-0.1, -0.05) is 35.9 Å². The van der Waals surface area contributed by atoms with Crippen molar-refractivity contribution >= 4 is 23.1 Å². The van der Waals surface area contributed by atoms with Gasteiger partial charge in [-0.3, -0.25) is 0 Å². The molecule has 1 aliphatic rings. The van der Waals surface area contributed by atoms with E-state index in [9.17, 15) is 9.18 Å². The lowest BCUT2D eigenvalue weighted by Crippen LogP contribution is -2.47. The maximum atomic E-state index is 13.2. The Kier molecular flexibility index (Phi) is 7.13. The van der Waals surface area contributed by atoms with Gasteiger partial charge in [-0.2, -0.15) is 10.1 Å². The van der Waals surface area contributed by atoms with Gasteiger partial charge in [0.25, 0.3) is 0 Å². The summed E-state index contributed by atoms with van der Waals surface area (Å²) in [6.45, 7) is 3.68. The summed E-state index contributed by atoms with van der Waals surface area (Å²) in [5.74, 6) is 1.06. The number of anilines is 2. The normalized spacial score (nSPS) is 13.6. The fourth-order valence-corrected chi connectivity index (χ4v) is 4.20. The van der Waals surface area contributed by atoms with Crippen LogP contribution in [-0.4, -0.2) is 40.9 Å². The van der Waals surface area contributed by atoms with E-state index in [4.69, 9.17) is 16.3 Å². The van der Waals surface area contributed by atoms with Gasteiger partial charge >= 0.3 is 5.69 Å². The number of nitrogens with zero attached hydrogens (tertiary/aromatic N) is 5. The highest BCUT2D eigenvalue weighted by atomic mass is 35.5. The van der Waals surface area contributed by atoms with Crippen LogP contribution in [0.1, 0.15) is 11.1 Å². The highest BCUT2D eigenvalue weighted by Gasteiger charge is 2.19. The molecule has 7 nitrogen and oxygen atoms in total. The van der Waals surface area contributed by atoms with E-state index < -0.39 is 5.69 Å². The predicted molar refractivity (Wildman–Crippen MR) is 138 cm³/mol. The summed E-state index contributed by atoms with van der Waals surface area (Å²) in [5.41, 5.74) is 2.55. The largest absolute Gasteiger partial charge is 0.489 e. The average Bonchev–Trinajstić information content (AvgIpc) is 2.91. The maximum absolute atomic E-state index is 13.2. The van der Waals surface area contributed by atoms with Crippen molar-refractivity contribution in [2.45, 2.75) is 13.2 Å². The molecule has 0 saturated carbocycles. The Labute approximate surface area is 213 Å². The summed E-state index contributed by atoms with van der Waals surface area (Å²) in [6, 6.07) is 21.6. The third-order valence-corrected chi connectivity index (χ3v) is 6.37. The Morgan fingerprint density at radius 1 is 0.833 bits per heavy atom. The third kappa shape index (κ3) is 5.83. The number of piperazine rings is 1. The van der Waals surface area contributed by atoms with Gasteiger partial charge in [-0.15, -0.1) is 0 Å². The SMILES string of the molecule is O=c1nc(N2CCN(c3ccc(F)cc3)CC2)cnn1Cc1ccc(OCc2ccc(Cl)cc2)cc1. The molecule has 0 bridgehead atoms. The zero-order valence-electron chi connectivity index (χ0n) is 19.6. The zero-order chi connectivity index (χ0) is 24.9. The van der Waals surface area contributed by atoms with Crippen molar-refractivity contribution in [3.63, 3.8) is 0 Å². The van der Waals surface area contributed by atoms with E-state index in [2.05, 4.69) is 15.0 Å². The molecule has 0 spiro atoms. The summed E-state index contributed by atoms with van der Waals surface area (Å²) in [5, 5.41) is 5.04. The molecule has 5 rings (SSSR count). The minimum absolute atomic E-state index is 0.244. The zero-order valence-corrected chi connectivity index (χ0v) is 20.3. The number of aromatic nitrogens is 3. The number of halogens is 2. The van der Waals surface area contributed by atoms with Gasteiger partial charge < -0.3 is 14.5 Å². The second-order valence-electron chi connectivity index (χ2n) is 8.56. The Balaban J connectivity index is 1.16. The molecular formula is C27H25ClFN5O2. The van der Waals surface area contributed by atoms with Crippen LogP contribution in [0, 0.1) is 5.82 Å². The maximum Gasteiger partial charge on any atom is 0.366 e. The van der Waals surface area contributed by atoms with Crippen LogP contribution >= 0.6 is 11.6 Å². The monoisotopic (exact) mass is 505 g/mol. The quantitative estimate of drug-likeness (QED) is 0.371. The molecule has 0 radical (unpaired) electrons. The van der Waals surface area contributed by atoms with E-state index in [1.165, 1.54) is 16.8 Å². The van der Waals surface area contributed by atoms with Crippen molar-refractivity contribution in [3.05, 3.63) is 111 Å². The molecule has 1 saturated heterocycles. The van der Waals surface area contributed by atoms with Gasteiger partial charge in [0.15, 0.2) is 5.82 Å². The Morgan fingerprint density at radius 2 is 1.47 bits per heavy atom. The molecule has 3 aromatic carbocycles. The minimum atomic E-state index is -0.392. The lowest BCUT2D eigenvalue weighted by molar-refractivity contribution is 0.306. The number of hydrogen-bond donors (Lipinski definition) is 0. The lowest BCUT2D eigenvalue weighted by atomic mass is 10.2. The van der Waals surface area contributed by atoms with Crippen LogP contribution in [0.2, 0.25) is 5.02 Å². The van der Waals surface area contributed by atoms with Crippen LogP contribution in [-0.2, 0) is 13.2 Å². The fraction of sp³-hybridized carbons (Fsp3) is 0.222. The van der Waals surface area contributed by atoms with Gasteiger partial charge in [0, 0.05) is 36.9 Å². The predicted octanol–water partition coefficient (Wildman–Crippen LogP) is 4.38. The van der Waals surface area contributed by atoms with Crippen LogP contribution in [0.15, 0.2) is 83.8 Å². The molecule has 0 N–H and O–H groups in total. The molecule has 0 amide bonds. The Morgan fingerprint density at radius 3 is 2.14 bits per heavy atom. The topological polar surface area (TPSA) is 63.5 Å². The third-order valence-electron chi connectivity index (χ3n) is 6.11. The van der Waals surface area contributed by atoms with Crippen molar-refractivity contribution in [3.8, 4) is 5.75 Å². The van der Waals surface area contributed by atoms with Crippen molar-refractivity contribution in [1.29, 1.82) is 0 Å². The lowest BCUT2D eigenvalue weighted by Gasteiger charge is -2.36. The van der Waals surface area contributed by atoms with E-state index in [0.29, 0.717) is 37.1 Å². The first-order chi connectivity index (χ1) is 17.5. The number of ether oxygens (including phenoxy) is 1. The Bertz CT molecular complexity index is 1350. The smallest absolute Gasteiger partial charge is 0.366 e. The van der Waals surface area contributed by atoms with Crippen molar-refractivity contribution in [2.24, 2.45) is 0 Å². The standard InChI is InChI=1S/C27H25ClFN5O2/c28-22-5-1-21(2-6-22)19-36-25-11-3-20(4-12-25)18-34-27(35)31-26(17-30-34)33-15-13-32(14-16-33)24-9-7-23(29)8-10-24/h1-12,17H,13-16,18-19H2. The highest BCUT2D eigenvalue weighted by Crippen LogP contribution is 2.19. The molecule has 1 aliphatic heterocycles. The first kappa shape index (κ1) is 23.8. The van der Waals surface area contributed by atoms with Crippen LogP contribution in [0.5, 0.6) is 5.75 Å².